The molecule has 3 aliphatic carbocycles. The molecule has 140 valence electrons. The van der Waals surface area contributed by atoms with E-state index in [0.717, 1.165) is 25.7 Å². The van der Waals surface area contributed by atoms with Gasteiger partial charge in [0.15, 0.2) is 0 Å². The molecule has 5 rings (SSSR count). The Morgan fingerprint density at radius 1 is 1.19 bits per heavy atom. The zero-order valence-electron chi connectivity index (χ0n) is 16.0. The number of hydrogen-bond donors (Lipinski definition) is 1. The molecular weight excluding hydrogens is 324 g/mol. The topological polar surface area (TPSA) is 46.5 Å². The predicted octanol–water partition coefficient (Wildman–Crippen LogP) is 4.96. The summed E-state index contributed by atoms with van der Waals surface area (Å²) in [4.78, 5) is 12.3. The van der Waals surface area contributed by atoms with Crippen molar-refractivity contribution in [3.63, 3.8) is 0 Å². The molecule has 0 amide bonds. The molecule has 0 aromatic heterocycles. The van der Waals surface area contributed by atoms with E-state index in [9.17, 15) is 9.90 Å². The highest BCUT2D eigenvalue weighted by Gasteiger charge is 2.64. The van der Waals surface area contributed by atoms with E-state index in [0.29, 0.717) is 35.8 Å². The number of carbonyl (C=O) groups is 1. The Balaban J connectivity index is 1.49. The van der Waals surface area contributed by atoms with Gasteiger partial charge in [0.2, 0.25) is 0 Å². The summed E-state index contributed by atoms with van der Waals surface area (Å²) < 4.78 is 6.17. The number of aromatic hydroxyl groups is 1. The molecule has 1 saturated heterocycles. The van der Waals surface area contributed by atoms with E-state index in [1.165, 1.54) is 30.4 Å². The van der Waals surface area contributed by atoms with Gasteiger partial charge in [0.05, 0.1) is 0 Å². The van der Waals surface area contributed by atoms with Crippen LogP contribution in [-0.2, 0) is 16.0 Å². The Morgan fingerprint density at radius 3 is 2.85 bits per heavy atom. The lowest BCUT2D eigenvalue weighted by atomic mass is 9.52. The van der Waals surface area contributed by atoms with Gasteiger partial charge in [-0.2, -0.15) is 0 Å². The van der Waals surface area contributed by atoms with Gasteiger partial charge in [-0.3, -0.25) is 4.79 Å². The summed E-state index contributed by atoms with van der Waals surface area (Å²) >= 11 is 0. The zero-order valence-corrected chi connectivity index (χ0v) is 16.0. The Labute approximate surface area is 156 Å². The van der Waals surface area contributed by atoms with Gasteiger partial charge in [0, 0.05) is 11.8 Å². The van der Waals surface area contributed by atoms with E-state index in [1.807, 2.05) is 12.1 Å². The van der Waals surface area contributed by atoms with Crippen LogP contribution >= 0.6 is 0 Å². The molecule has 1 aromatic rings. The molecule has 1 heterocycles. The number of aryl methyl sites for hydroxylation is 1. The second-order valence-corrected chi connectivity index (χ2v) is 9.78. The molecule has 1 aromatic carbocycles. The summed E-state index contributed by atoms with van der Waals surface area (Å²) in [5.74, 6) is 2.83. The van der Waals surface area contributed by atoms with E-state index >= 15 is 0 Å². The molecule has 3 heteroatoms. The fraction of sp³-hybridized carbons (Fsp3) is 0.696. The molecule has 1 N–H and O–H groups in total. The molecule has 1 spiro atoms. The number of ether oxygens (including phenoxy) is 1. The van der Waals surface area contributed by atoms with Crippen LogP contribution in [0.4, 0.5) is 0 Å². The van der Waals surface area contributed by atoms with Crippen molar-refractivity contribution in [1.82, 2.24) is 0 Å². The van der Waals surface area contributed by atoms with Crippen molar-refractivity contribution in [3.8, 4) is 5.75 Å². The summed E-state index contributed by atoms with van der Waals surface area (Å²) in [6.07, 6.45) is 8.50. The molecule has 1 aliphatic heterocycles. The number of phenolic OH excluding ortho intramolecular Hbond substituents is 1. The Hall–Kier alpha value is -1.51. The summed E-state index contributed by atoms with van der Waals surface area (Å²) in [7, 11) is 0. The van der Waals surface area contributed by atoms with Crippen molar-refractivity contribution in [2.45, 2.75) is 76.7 Å². The van der Waals surface area contributed by atoms with Gasteiger partial charge in [0.1, 0.15) is 11.4 Å². The fourth-order valence-corrected chi connectivity index (χ4v) is 7.38. The van der Waals surface area contributed by atoms with Crippen molar-refractivity contribution >= 4 is 5.97 Å². The first-order valence-electron chi connectivity index (χ1n) is 10.5. The minimum absolute atomic E-state index is 0.0252. The maximum absolute atomic E-state index is 12.3. The largest absolute Gasteiger partial charge is 0.508 e. The highest BCUT2D eigenvalue weighted by Crippen LogP contribution is 2.67. The van der Waals surface area contributed by atoms with E-state index in [4.69, 9.17) is 4.74 Å². The van der Waals surface area contributed by atoms with Crippen molar-refractivity contribution in [1.29, 1.82) is 0 Å². The second-order valence-electron chi connectivity index (χ2n) is 9.78. The first-order valence-corrected chi connectivity index (χ1v) is 10.5. The quantitative estimate of drug-likeness (QED) is 0.670. The predicted molar refractivity (Wildman–Crippen MR) is 99.9 cm³/mol. The summed E-state index contributed by atoms with van der Waals surface area (Å²) in [5, 5.41) is 9.84. The number of carbonyl (C=O) groups excluding carboxylic acids is 1. The van der Waals surface area contributed by atoms with Crippen LogP contribution in [0.1, 0.15) is 75.8 Å². The van der Waals surface area contributed by atoms with E-state index in [1.54, 1.807) is 0 Å². The minimum Gasteiger partial charge on any atom is -0.508 e. The van der Waals surface area contributed by atoms with E-state index in [2.05, 4.69) is 19.9 Å². The number of fused-ring (bicyclic) bond motifs is 6. The third-order valence-corrected chi connectivity index (χ3v) is 8.50. The smallest absolute Gasteiger partial charge is 0.306 e. The Kier molecular flexibility index (Phi) is 3.52. The molecule has 3 nitrogen and oxygen atoms in total. The van der Waals surface area contributed by atoms with Crippen LogP contribution < -0.4 is 0 Å². The number of phenols is 1. The molecule has 3 fully saturated rings. The lowest BCUT2D eigenvalue weighted by Gasteiger charge is -2.55. The Morgan fingerprint density at radius 2 is 2.04 bits per heavy atom. The van der Waals surface area contributed by atoms with Crippen molar-refractivity contribution in [2.75, 3.05) is 0 Å². The molecular formula is C23H30O3. The van der Waals surface area contributed by atoms with E-state index < -0.39 is 0 Å². The average Bonchev–Trinajstić information content (AvgIpc) is 2.85. The zero-order chi connectivity index (χ0) is 18.1. The van der Waals surface area contributed by atoms with E-state index in [-0.39, 0.29) is 17.0 Å². The van der Waals surface area contributed by atoms with Crippen LogP contribution in [0, 0.1) is 23.2 Å². The standard InChI is InChI=1S/C23H30O3/c1-14-11-21(25)26-23(13-14)10-8-20-19-5-3-15-12-16(24)4-6-17(15)18(19)7-9-22(20,23)2/h4,6,12,14,18-20,24H,3,5,7-11,13H2,1-2H3/t14?,18-,19-,20+,22+,23-/m1/s1. The first kappa shape index (κ1) is 16.6. The van der Waals surface area contributed by atoms with Crippen LogP contribution in [0.5, 0.6) is 5.75 Å². The monoisotopic (exact) mass is 354 g/mol. The third kappa shape index (κ3) is 2.15. The molecule has 26 heavy (non-hydrogen) atoms. The molecule has 6 atom stereocenters. The van der Waals surface area contributed by atoms with Crippen LogP contribution in [0.15, 0.2) is 18.2 Å². The normalized spacial score (nSPS) is 44.2. The summed E-state index contributed by atoms with van der Waals surface area (Å²) in [6, 6.07) is 5.99. The van der Waals surface area contributed by atoms with Crippen LogP contribution in [0.2, 0.25) is 0 Å². The lowest BCUT2D eigenvalue weighted by molar-refractivity contribution is -0.196. The van der Waals surface area contributed by atoms with Crippen LogP contribution in [0.25, 0.3) is 0 Å². The van der Waals surface area contributed by atoms with Gasteiger partial charge < -0.3 is 9.84 Å². The number of esters is 1. The Bertz CT molecular complexity index is 756. The SMILES string of the molecule is CC1CC(=O)O[C@]2(CC[C@H]3[C@@H]4CCc5cc(O)ccc5[C@H]4CC[C@@]32C)C1. The minimum atomic E-state index is -0.216. The van der Waals surface area contributed by atoms with Crippen molar-refractivity contribution in [2.24, 2.45) is 23.2 Å². The molecule has 0 bridgehead atoms. The maximum Gasteiger partial charge on any atom is 0.306 e. The van der Waals surface area contributed by atoms with Gasteiger partial charge in [-0.1, -0.05) is 19.9 Å². The molecule has 1 unspecified atom stereocenters. The maximum atomic E-state index is 12.3. The third-order valence-electron chi connectivity index (χ3n) is 8.50. The number of rotatable bonds is 0. The van der Waals surface area contributed by atoms with Gasteiger partial charge in [-0.05, 0) is 91.9 Å². The van der Waals surface area contributed by atoms with Crippen LogP contribution in [-0.4, -0.2) is 16.7 Å². The van der Waals surface area contributed by atoms with Gasteiger partial charge >= 0.3 is 5.97 Å². The second kappa shape index (κ2) is 5.50. The van der Waals surface area contributed by atoms with Gasteiger partial charge in [0.25, 0.3) is 0 Å². The highest BCUT2D eigenvalue weighted by atomic mass is 16.6. The summed E-state index contributed by atoms with van der Waals surface area (Å²) in [5.41, 5.74) is 2.73. The number of benzene rings is 1. The average molecular weight is 354 g/mol. The van der Waals surface area contributed by atoms with Crippen molar-refractivity contribution in [3.05, 3.63) is 29.3 Å². The van der Waals surface area contributed by atoms with Gasteiger partial charge in [-0.15, -0.1) is 0 Å². The first-order chi connectivity index (χ1) is 12.4. The molecule has 4 aliphatic rings. The molecule has 2 saturated carbocycles. The van der Waals surface area contributed by atoms with Crippen LogP contribution in [0.3, 0.4) is 0 Å². The lowest BCUT2D eigenvalue weighted by Crippen LogP contribution is -2.55. The highest BCUT2D eigenvalue weighted by molar-refractivity contribution is 5.71. The van der Waals surface area contributed by atoms with Gasteiger partial charge in [-0.25, -0.2) is 0 Å². The number of hydrogen-bond acceptors (Lipinski definition) is 3. The fourth-order valence-electron chi connectivity index (χ4n) is 7.38. The summed E-state index contributed by atoms with van der Waals surface area (Å²) in [6.45, 7) is 4.65. The van der Waals surface area contributed by atoms with Crippen molar-refractivity contribution < 1.29 is 14.6 Å². The molecule has 0 radical (unpaired) electrons.